The number of hydrogen-bond acceptors (Lipinski definition) is 5. The van der Waals surface area contributed by atoms with E-state index >= 15 is 0 Å². The molecule has 0 saturated carbocycles. The van der Waals surface area contributed by atoms with Crippen molar-refractivity contribution in [1.29, 1.82) is 0 Å². The smallest absolute Gasteiger partial charge is 0.252 e. The van der Waals surface area contributed by atoms with Crippen molar-refractivity contribution in [3.63, 3.8) is 0 Å². The molecule has 6 nitrogen and oxygen atoms in total. The van der Waals surface area contributed by atoms with Gasteiger partial charge in [0.1, 0.15) is 4.21 Å². The summed E-state index contributed by atoms with van der Waals surface area (Å²) in [6.45, 7) is 8.07. The van der Waals surface area contributed by atoms with Gasteiger partial charge in [0, 0.05) is 37.1 Å². The van der Waals surface area contributed by atoms with Gasteiger partial charge in [-0.2, -0.15) is 4.31 Å². The number of carbonyl (C=O) groups is 1. The molecule has 3 heterocycles. The van der Waals surface area contributed by atoms with Gasteiger partial charge < -0.3 is 10.2 Å². The van der Waals surface area contributed by atoms with E-state index in [1.54, 1.807) is 6.07 Å². The van der Waals surface area contributed by atoms with Crippen molar-refractivity contribution in [3.8, 4) is 0 Å². The van der Waals surface area contributed by atoms with Gasteiger partial charge in [0.05, 0.1) is 5.92 Å². The molecule has 8 heteroatoms. The number of rotatable bonds is 6. The highest BCUT2D eigenvalue weighted by Crippen LogP contribution is 2.28. The monoisotopic (exact) mass is 413 g/mol. The maximum absolute atomic E-state index is 12.9. The molecule has 1 aromatic rings. The van der Waals surface area contributed by atoms with Crippen molar-refractivity contribution < 1.29 is 13.2 Å². The van der Waals surface area contributed by atoms with Crippen LogP contribution >= 0.6 is 11.3 Å². The van der Waals surface area contributed by atoms with E-state index in [0.29, 0.717) is 17.3 Å². The highest BCUT2D eigenvalue weighted by molar-refractivity contribution is 7.91. The van der Waals surface area contributed by atoms with Crippen LogP contribution in [0, 0.1) is 12.8 Å². The summed E-state index contributed by atoms with van der Waals surface area (Å²) >= 11 is 1.30. The Labute approximate surface area is 167 Å². The Kier molecular flexibility index (Phi) is 6.94. The molecule has 2 aliphatic heterocycles. The van der Waals surface area contributed by atoms with Crippen molar-refractivity contribution in [1.82, 2.24) is 14.5 Å². The number of piperidine rings is 2. The Bertz CT molecular complexity index is 739. The fraction of sp³-hybridized carbons (Fsp3) is 0.737. The Morgan fingerprint density at radius 3 is 2.59 bits per heavy atom. The molecule has 0 aromatic carbocycles. The molecular formula is C19H31N3O3S2. The number of thiophene rings is 1. The zero-order valence-corrected chi connectivity index (χ0v) is 17.9. The van der Waals surface area contributed by atoms with Crippen LogP contribution < -0.4 is 5.32 Å². The van der Waals surface area contributed by atoms with E-state index < -0.39 is 10.0 Å². The van der Waals surface area contributed by atoms with Gasteiger partial charge in [-0.25, -0.2) is 8.42 Å². The van der Waals surface area contributed by atoms with Gasteiger partial charge in [0.2, 0.25) is 5.91 Å². The van der Waals surface area contributed by atoms with Crippen LogP contribution in [0.15, 0.2) is 16.3 Å². The predicted molar refractivity (Wildman–Crippen MR) is 108 cm³/mol. The van der Waals surface area contributed by atoms with E-state index in [-0.39, 0.29) is 17.9 Å². The first-order valence-electron chi connectivity index (χ1n) is 9.99. The number of nitrogens with zero attached hydrogens (tertiary/aromatic N) is 2. The molecular weight excluding hydrogens is 382 g/mol. The van der Waals surface area contributed by atoms with Crippen molar-refractivity contribution in [2.24, 2.45) is 5.92 Å². The molecule has 1 unspecified atom stereocenters. The molecule has 2 saturated heterocycles. The standard InChI is InChI=1S/C19H31N3O3S2/c1-3-10-21-12-8-17(9-13-21)20-19(23)16-5-4-11-22(14-16)27(24,25)18-7-6-15(2)26-18/h6-7,16-17H,3-5,8-14H2,1-2H3,(H,20,23). The summed E-state index contributed by atoms with van der Waals surface area (Å²) in [5.74, 6) is -0.227. The van der Waals surface area contributed by atoms with Gasteiger partial charge in [0.25, 0.3) is 10.0 Å². The molecule has 0 bridgehead atoms. The number of amides is 1. The van der Waals surface area contributed by atoms with Crippen LogP contribution in [0.3, 0.4) is 0 Å². The van der Waals surface area contributed by atoms with E-state index in [2.05, 4.69) is 17.1 Å². The quantitative estimate of drug-likeness (QED) is 0.778. The van der Waals surface area contributed by atoms with Gasteiger partial charge in [-0.05, 0) is 57.7 Å². The predicted octanol–water partition coefficient (Wildman–Crippen LogP) is 2.45. The van der Waals surface area contributed by atoms with E-state index in [1.165, 1.54) is 15.6 Å². The molecule has 0 radical (unpaired) electrons. The Hall–Kier alpha value is -0.960. The highest BCUT2D eigenvalue weighted by atomic mass is 32.2. The Morgan fingerprint density at radius 1 is 1.22 bits per heavy atom. The minimum atomic E-state index is -3.49. The summed E-state index contributed by atoms with van der Waals surface area (Å²) in [7, 11) is -3.49. The number of aryl methyl sites for hydroxylation is 1. The summed E-state index contributed by atoms with van der Waals surface area (Å²) in [6, 6.07) is 3.72. The second-order valence-corrected chi connectivity index (χ2v) is 11.1. The van der Waals surface area contributed by atoms with Gasteiger partial charge in [-0.1, -0.05) is 6.92 Å². The van der Waals surface area contributed by atoms with Crippen LogP contribution in [0.4, 0.5) is 0 Å². The van der Waals surface area contributed by atoms with Gasteiger partial charge in [-0.15, -0.1) is 11.3 Å². The van der Waals surface area contributed by atoms with Crippen LogP contribution in [0.25, 0.3) is 0 Å². The normalized spacial score (nSPS) is 23.4. The molecule has 2 fully saturated rings. The van der Waals surface area contributed by atoms with Crippen LogP contribution in [-0.4, -0.2) is 62.3 Å². The van der Waals surface area contributed by atoms with Crippen LogP contribution in [0.1, 0.15) is 43.9 Å². The molecule has 1 amide bonds. The van der Waals surface area contributed by atoms with Crippen LogP contribution in [-0.2, 0) is 14.8 Å². The fourth-order valence-corrected chi connectivity index (χ4v) is 6.95. The number of hydrogen-bond donors (Lipinski definition) is 1. The number of carbonyl (C=O) groups excluding carboxylic acids is 1. The largest absolute Gasteiger partial charge is 0.353 e. The lowest BCUT2D eigenvalue weighted by Gasteiger charge is -2.35. The van der Waals surface area contributed by atoms with Crippen LogP contribution in [0.2, 0.25) is 0 Å². The third-order valence-corrected chi connectivity index (χ3v) is 8.87. The lowest BCUT2D eigenvalue weighted by Crippen LogP contribution is -2.50. The van der Waals surface area contributed by atoms with Crippen LogP contribution in [0.5, 0.6) is 0 Å². The third kappa shape index (κ3) is 5.10. The highest BCUT2D eigenvalue weighted by Gasteiger charge is 2.34. The SMILES string of the molecule is CCCN1CCC(NC(=O)C2CCCN(S(=O)(=O)c3ccc(C)s3)C2)CC1. The van der Waals surface area contributed by atoms with E-state index in [0.717, 1.165) is 56.6 Å². The van der Waals surface area contributed by atoms with E-state index in [4.69, 9.17) is 0 Å². The molecule has 2 aliphatic rings. The first-order chi connectivity index (χ1) is 12.9. The molecule has 27 heavy (non-hydrogen) atoms. The van der Waals surface area contributed by atoms with Crippen molar-refractivity contribution in [2.75, 3.05) is 32.7 Å². The summed E-state index contributed by atoms with van der Waals surface area (Å²) in [5, 5.41) is 3.18. The third-order valence-electron chi connectivity index (χ3n) is 5.54. The maximum Gasteiger partial charge on any atom is 0.252 e. The first-order valence-corrected chi connectivity index (χ1v) is 12.2. The van der Waals surface area contributed by atoms with Gasteiger partial charge in [0.15, 0.2) is 0 Å². The topological polar surface area (TPSA) is 69.7 Å². The summed E-state index contributed by atoms with van der Waals surface area (Å²) in [4.78, 5) is 16.2. The second-order valence-electron chi connectivity index (χ2n) is 7.69. The van der Waals surface area contributed by atoms with Gasteiger partial charge in [-0.3, -0.25) is 4.79 Å². The van der Waals surface area contributed by atoms with E-state index in [9.17, 15) is 13.2 Å². The first kappa shape index (κ1) is 20.8. The molecule has 0 spiro atoms. The van der Waals surface area contributed by atoms with Crippen molar-refractivity contribution in [2.45, 2.75) is 56.2 Å². The van der Waals surface area contributed by atoms with Crippen molar-refractivity contribution >= 4 is 27.3 Å². The summed E-state index contributed by atoms with van der Waals surface area (Å²) in [5.41, 5.74) is 0. The number of sulfonamides is 1. The maximum atomic E-state index is 12.9. The molecule has 1 N–H and O–H groups in total. The number of nitrogens with one attached hydrogen (secondary N) is 1. The lowest BCUT2D eigenvalue weighted by atomic mass is 9.97. The molecule has 3 rings (SSSR count). The Morgan fingerprint density at radius 2 is 1.96 bits per heavy atom. The van der Waals surface area contributed by atoms with Gasteiger partial charge >= 0.3 is 0 Å². The average molecular weight is 414 g/mol. The minimum absolute atomic E-state index is 0.0196. The molecule has 152 valence electrons. The fourth-order valence-electron chi connectivity index (χ4n) is 3.99. The zero-order valence-electron chi connectivity index (χ0n) is 16.3. The Balaban J connectivity index is 1.55. The van der Waals surface area contributed by atoms with E-state index in [1.807, 2.05) is 13.0 Å². The average Bonchev–Trinajstić information content (AvgIpc) is 3.11. The summed E-state index contributed by atoms with van der Waals surface area (Å²) in [6.07, 6.45) is 4.61. The number of likely N-dealkylation sites (tertiary alicyclic amines) is 1. The van der Waals surface area contributed by atoms with Crippen molar-refractivity contribution in [3.05, 3.63) is 17.0 Å². The summed E-state index contributed by atoms with van der Waals surface area (Å²) < 4.78 is 27.6. The zero-order chi connectivity index (χ0) is 19.4. The lowest BCUT2D eigenvalue weighted by molar-refractivity contribution is -0.127. The molecule has 1 atom stereocenters. The second kappa shape index (κ2) is 9.03. The molecule has 1 aromatic heterocycles. The molecule has 0 aliphatic carbocycles. The minimum Gasteiger partial charge on any atom is -0.353 e.